The van der Waals surface area contributed by atoms with Crippen LogP contribution in [0, 0.1) is 0 Å². The Balaban J connectivity index is 2.05. The molecule has 88 valence electrons. The zero-order chi connectivity index (χ0) is 12.2. The molecule has 1 unspecified atom stereocenters. The van der Waals surface area contributed by atoms with E-state index >= 15 is 0 Å². The largest absolute Gasteiger partial charge is 0.322 e. The van der Waals surface area contributed by atoms with Crippen molar-refractivity contribution in [1.82, 2.24) is 4.90 Å². The quantitative estimate of drug-likeness (QED) is 0.677. The van der Waals surface area contributed by atoms with E-state index in [-0.39, 0.29) is 11.4 Å². The number of carbonyl (C=O) groups is 1. The first-order valence-corrected chi connectivity index (χ1v) is 6.28. The number of nitrogens with zero attached hydrogens (tertiary/aromatic N) is 1. The predicted octanol–water partition coefficient (Wildman–Crippen LogP) is 2.64. The van der Waals surface area contributed by atoms with E-state index in [1.54, 1.807) is 0 Å². The fraction of sp³-hybridized carbons (Fsp3) is 0.188. The van der Waals surface area contributed by atoms with Crippen molar-refractivity contribution in [2.45, 2.75) is 12.0 Å². The molecule has 1 fully saturated rings. The van der Waals surface area contributed by atoms with E-state index < -0.39 is 0 Å². The van der Waals surface area contributed by atoms with E-state index in [1.807, 2.05) is 11.0 Å². The van der Waals surface area contributed by atoms with Crippen molar-refractivity contribution in [3.8, 4) is 0 Å². The molecule has 0 N–H and O–H groups in total. The van der Waals surface area contributed by atoms with Crippen LogP contribution in [0.4, 0.5) is 0 Å². The van der Waals surface area contributed by atoms with Gasteiger partial charge in [0.05, 0.1) is 6.42 Å². The van der Waals surface area contributed by atoms with E-state index in [0.717, 1.165) is 0 Å². The van der Waals surface area contributed by atoms with Gasteiger partial charge in [0.1, 0.15) is 5.54 Å². The lowest BCUT2D eigenvalue weighted by Crippen LogP contribution is -2.41. The molecular weight excluding hydrogens is 222 g/mol. The van der Waals surface area contributed by atoms with Crippen LogP contribution < -0.4 is 0 Å². The van der Waals surface area contributed by atoms with Crippen molar-refractivity contribution < 1.29 is 4.79 Å². The summed E-state index contributed by atoms with van der Waals surface area (Å²) in [5.74, 6) is 0.229. The summed E-state index contributed by atoms with van der Waals surface area (Å²) >= 11 is 0. The Kier molecular flexibility index (Phi) is 1.77. The van der Waals surface area contributed by atoms with Crippen molar-refractivity contribution in [3.63, 3.8) is 0 Å². The Hall–Kier alpha value is -2.09. The van der Waals surface area contributed by atoms with E-state index in [2.05, 4.69) is 48.6 Å². The van der Waals surface area contributed by atoms with Crippen LogP contribution in [0.1, 0.15) is 17.5 Å². The fourth-order valence-electron chi connectivity index (χ4n) is 3.38. The molecule has 1 saturated heterocycles. The molecule has 18 heavy (non-hydrogen) atoms. The van der Waals surface area contributed by atoms with Crippen LogP contribution in [-0.2, 0) is 10.3 Å². The van der Waals surface area contributed by atoms with Gasteiger partial charge in [-0.3, -0.25) is 4.79 Å². The summed E-state index contributed by atoms with van der Waals surface area (Å²) in [5, 5.41) is 0. The van der Waals surface area contributed by atoms with E-state index in [0.29, 0.717) is 13.0 Å². The minimum atomic E-state index is -0.308. The van der Waals surface area contributed by atoms with Gasteiger partial charge in [0.2, 0.25) is 5.91 Å². The smallest absolute Gasteiger partial charge is 0.228 e. The third-order valence-electron chi connectivity index (χ3n) is 4.15. The molecule has 1 aromatic rings. The molecule has 0 bridgehead atoms. The number of benzene rings is 1. The average molecular weight is 235 g/mol. The van der Waals surface area contributed by atoms with Gasteiger partial charge in [-0.05, 0) is 16.7 Å². The van der Waals surface area contributed by atoms with Gasteiger partial charge >= 0.3 is 0 Å². The standard InChI is InChI=1S/C16H13NO/c18-15-11-13-7-3-9-16(13)14-8-2-1-5-12(14)6-4-10-17(15)16/h1-9H,10-11H2. The Labute approximate surface area is 106 Å². The molecule has 2 aliphatic heterocycles. The van der Waals surface area contributed by atoms with Gasteiger partial charge in [0.15, 0.2) is 0 Å². The lowest BCUT2D eigenvalue weighted by Gasteiger charge is -2.35. The van der Waals surface area contributed by atoms with Crippen LogP contribution in [0.25, 0.3) is 6.08 Å². The lowest BCUT2D eigenvalue weighted by molar-refractivity contribution is -0.129. The van der Waals surface area contributed by atoms with Crippen LogP contribution in [0.15, 0.2) is 54.1 Å². The molecule has 1 aliphatic carbocycles. The normalized spacial score (nSPS) is 27.7. The molecule has 1 spiro atoms. The molecule has 1 amide bonds. The zero-order valence-electron chi connectivity index (χ0n) is 9.97. The summed E-state index contributed by atoms with van der Waals surface area (Å²) in [7, 11) is 0. The summed E-state index contributed by atoms with van der Waals surface area (Å²) in [6.45, 7) is 0.690. The number of amides is 1. The second-order valence-electron chi connectivity index (χ2n) is 4.99. The van der Waals surface area contributed by atoms with Crippen LogP contribution in [0.5, 0.6) is 0 Å². The SMILES string of the molecule is O=C1CC2=CC=CC23c2ccccc2C=CCN13. The number of rotatable bonds is 0. The summed E-state index contributed by atoms with van der Waals surface area (Å²) < 4.78 is 0. The van der Waals surface area contributed by atoms with Crippen molar-refractivity contribution in [3.05, 3.63) is 65.3 Å². The predicted molar refractivity (Wildman–Crippen MR) is 70.7 cm³/mol. The second-order valence-corrected chi connectivity index (χ2v) is 4.99. The Morgan fingerprint density at radius 2 is 2.11 bits per heavy atom. The number of allylic oxidation sites excluding steroid dienone is 2. The summed E-state index contributed by atoms with van der Waals surface area (Å²) in [5.41, 5.74) is 3.34. The number of hydrogen-bond acceptors (Lipinski definition) is 1. The molecule has 4 rings (SSSR count). The van der Waals surface area contributed by atoms with Gasteiger partial charge < -0.3 is 4.90 Å². The van der Waals surface area contributed by atoms with Crippen LogP contribution in [0.3, 0.4) is 0 Å². The maximum Gasteiger partial charge on any atom is 0.228 e. The molecule has 1 atom stereocenters. The van der Waals surface area contributed by atoms with Crippen LogP contribution in [0.2, 0.25) is 0 Å². The fourth-order valence-corrected chi connectivity index (χ4v) is 3.38. The number of fused-ring (bicyclic) bond motifs is 1. The van der Waals surface area contributed by atoms with Crippen molar-refractivity contribution in [2.75, 3.05) is 6.54 Å². The van der Waals surface area contributed by atoms with Gasteiger partial charge in [0.25, 0.3) is 0 Å². The molecule has 2 heteroatoms. The maximum atomic E-state index is 12.2. The van der Waals surface area contributed by atoms with Crippen LogP contribution >= 0.6 is 0 Å². The topological polar surface area (TPSA) is 20.3 Å². The van der Waals surface area contributed by atoms with Crippen LogP contribution in [-0.4, -0.2) is 17.4 Å². The van der Waals surface area contributed by atoms with Gasteiger partial charge in [-0.2, -0.15) is 0 Å². The van der Waals surface area contributed by atoms with Crippen molar-refractivity contribution >= 4 is 12.0 Å². The second kappa shape index (κ2) is 3.22. The maximum absolute atomic E-state index is 12.2. The number of hydrogen-bond donors (Lipinski definition) is 0. The highest BCUT2D eigenvalue weighted by atomic mass is 16.2. The highest BCUT2D eigenvalue weighted by Gasteiger charge is 2.50. The molecular formula is C16H13NO. The molecule has 0 aromatic heterocycles. The highest BCUT2D eigenvalue weighted by molar-refractivity contribution is 5.88. The first-order chi connectivity index (χ1) is 8.82. The first kappa shape index (κ1) is 9.89. The molecule has 3 aliphatic rings. The van der Waals surface area contributed by atoms with Gasteiger partial charge in [0, 0.05) is 6.54 Å². The molecule has 0 saturated carbocycles. The molecule has 2 nitrogen and oxygen atoms in total. The third-order valence-corrected chi connectivity index (χ3v) is 4.15. The molecule has 1 aromatic carbocycles. The van der Waals surface area contributed by atoms with E-state index in [9.17, 15) is 4.79 Å². The average Bonchev–Trinajstić information content (AvgIpc) is 2.82. The molecule has 2 heterocycles. The van der Waals surface area contributed by atoms with E-state index in [4.69, 9.17) is 0 Å². The monoisotopic (exact) mass is 235 g/mol. The minimum Gasteiger partial charge on any atom is -0.322 e. The van der Waals surface area contributed by atoms with Gasteiger partial charge in [-0.25, -0.2) is 0 Å². The van der Waals surface area contributed by atoms with Gasteiger partial charge in [-0.15, -0.1) is 0 Å². The zero-order valence-corrected chi connectivity index (χ0v) is 9.97. The Morgan fingerprint density at radius 3 is 3.06 bits per heavy atom. The Bertz CT molecular complexity index is 638. The summed E-state index contributed by atoms with van der Waals surface area (Å²) in [4.78, 5) is 14.2. The Morgan fingerprint density at radius 1 is 1.22 bits per heavy atom. The highest BCUT2D eigenvalue weighted by Crippen LogP contribution is 2.49. The first-order valence-electron chi connectivity index (χ1n) is 6.28. The van der Waals surface area contributed by atoms with Gasteiger partial charge in [-0.1, -0.05) is 54.6 Å². The van der Waals surface area contributed by atoms with E-state index in [1.165, 1.54) is 16.7 Å². The van der Waals surface area contributed by atoms with Crippen molar-refractivity contribution in [2.24, 2.45) is 0 Å². The molecule has 0 radical (unpaired) electrons. The summed E-state index contributed by atoms with van der Waals surface area (Å²) in [6, 6.07) is 8.36. The minimum absolute atomic E-state index is 0.229. The van der Waals surface area contributed by atoms with Crippen molar-refractivity contribution in [1.29, 1.82) is 0 Å². The summed E-state index contributed by atoms with van der Waals surface area (Å²) in [6.07, 6.45) is 11.1. The lowest BCUT2D eigenvalue weighted by atomic mass is 9.83. The third kappa shape index (κ3) is 1.01. The number of carbonyl (C=O) groups excluding carboxylic acids is 1.